The highest BCUT2D eigenvalue weighted by atomic mass is 35.5. The quantitative estimate of drug-likeness (QED) is 0.915. The zero-order chi connectivity index (χ0) is 14.0. The third kappa shape index (κ3) is 2.82. The molecule has 104 valence electrons. The average Bonchev–Trinajstić information content (AvgIpc) is 2.91. The third-order valence-electron chi connectivity index (χ3n) is 3.19. The van der Waals surface area contributed by atoms with E-state index in [-0.39, 0.29) is 0 Å². The molecular formula is C13H19ClN4O. The van der Waals surface area contributed by atoms with E-state index in [1.165, 1.54) is 0 Å². The number of hydrogen-bond acceptors (Lipinski definition) is 3. The summed E-state index contributed by atoms with van der Waals surface area (Å²) in [6.45, 7) is 4.79. The molecule has 0 aliphatic carbocycles. The second-order valence-corrected chi connectivity index (χ2v) is 5.04. The Labute approximate surface area is 117 Å². The van der Waals surface area contributed by atoms with Crippen molar-refractivity contribution in [2.75, 3.05) is 0 Å². The lowest BCUT2D eigenvalue weighted by atomic mass is 10.1. The standard InChI is InChI=1S/C13H19ClN4O/c1-4-7-18-11(5-6-15-18)12(19)8-10-9(2)16-17(3)13(10)14/h5-6,12,19H,4,7-8H2,1-3H3. The highest BCUT2D eigenvalue weighted by Gasteiger charge is 2.19. The summed E-state index contributed by atoms with van der Waals surface area (Å²) in [4.78, 5) is 0. The minimum absolute atomic E-state index is 0.452. The van der Waals surface area contributed by atoms with Crippen molar-refractivity contribution in [3.63, 3.8) is 0 Å². The zero-order valence-electron chi connectivity index (χ0n) is 11.5. The number of aryl methyl sites for hydroxylation is 3. The maximum atomic E-state index is 10.4. The number of rotatable bonds is 5. The summed E-state index contributed by atoms with van der Waals surface area (Å²) in [6.07, 6.45) is 2.53. The Morgan fingerprint density at radius 2 is 2.21 bits per heavy atom. The number of aromatic nitrogens is 4. The third-order valence-corrected chi connectivity index (χ3v) is 3.67. The van der Waals surface area contributed by atoms with E-state index in [2.05, 4.69) is 17.1 Å². The average molecular weight is 283 g/mol. The van der Waals surface area contributed by atoms with E-state index in [0.29, 0.717) is 11.6 Å². The molecule has 1 unspecified atom stereocenters. The second-order valence-electron chi connectivity index (χ2n) is 4.68. The van der Waals surface area contributed by atoms with Crippen LogP contribution in [0.4, 0.5) is 0 Å². The first kappa shape index (κ1) is 14.1. The molecule has 0 aliphatic heterocycles. The minimum atomic E-state index is -0.616. The molecule has 0 saturated carbocycles. The first-order chi connectivity index (χ1) is 9.04. The Morgan fingerprint density at radius 3 is 2.79 bits per heavy atom. The fourth-order valence-electron chi connectivity index (χ4n) is 2.23. The fourth-order valence-corrected chi connectivity index (χ4v) is 2.48. The molecule has 2 aromatic heterocycles. The largest absolute Gasteiger partial charge is 0.386 e. The van der Waals surface area contributed by atoms with E-state index >= 15 is 0 Å². The number of hydrogen-bond donors (Lipinski definition) is 1. The summed E-state index contributed by atoms with van der Waals surface area (Å²) in [5, 5.41) is 19.4. The van der Waals surface area contributed by atoms with Crippen molar-refractivity contribution in [1.29, 1.82) is 0 Å². The summed E-state index contributed by atoms with van der Waals surface area (Å²) in [7, 11) is 1.80. The van der Waals surface area contributed by atoms with Crippen LogP contribution in [0.1, 0.15) is 36.4 Å². The summed E-state index contributed by atoms with van der Waals surface area (Å²) in [5.74, 6) is 0. The normalized spacial score (nSPS) is 12.9. The predicted molar refractivity (Wildman–Crippen MR) is 74.1 cm³/mol. The monoisotopic (exact) mass is 282 g/mol. The van der Waals surface area contributed by atoms with Gasteiger partial charge in [-0.2, -0.15) is 10.2 Å². The lowest BCUT2D eigenvalue weighted by Gasteiger charge is -2.13. The molecule has 0 radical (unpaired) electrons. The maximum absolute atomic E-state index is 10.4. The van der Waals surface area contributed by atoms with E-state index in [4.69, 9.17) is 11.6 Å². The van der Waals surface area contributed by atoms with Crippen LogP contribution < -0.4 is 0 Å². The smallest absolute Gasteiger partial charge is 0.130 e. The van der Waals surface area contributed by atoms with E-state index in [1.807, 2.05) is 17.7 Å². The van der Waals surface area contributed by atoms with Crippen LogP contribution in [-0.4, -0.2) is 24.7 Å². The molecule has 6 heteroatoms. The summed E-state index contributed by atoms with van der Waals surface area (Å²) in [5.41, 5.74) is 2.56. The van der Waals surface area contributed by atoms with Gasteiger partial charge in [-0.15, -0.1) is 0 Å². The van der Waals surface area contributed by atoms with Gasteiger partial charge >= 0.3 is 0 Å². The van der Waals surface area contributed by atoms with Gasteiger partial charge in [-0.1, -0.05) is 18.5 Å². The van der Waals surface area contributed by atoms with E-state index in [0.717, 1.165) is 29.9 Å². The fraction of sp³-hybridized carbons (Fsp3) is 0.538. The van der Waals surface area contributed by atoms with Crippen molar-refractivity contribution >= 4 is 11.6 Å². The van der Waals surface area contributed by atoms with Crippen molar-refractivity contribution in [3.05, 3.63) is 34.4 Å². The van der Waals surface area contributed by atoms with Gasteiger partial charge in [0.2, 0.25) is 0 Å². The minimum Gasteiger partial charge on any atom is -0.386 e. The molecule has 0 bridgehead atoms. The van der Waals surface area contributed by atoms with Crippen LogP contribution in [0.15, 0.2) is 12.3 Å². The molecule has 1 N–H and O–H groups in total. The van der Waals surface area contributed by atoms with Crippen LogP contribution in [0.5, 0.6) is 0 Å². The molecule has 0 aliphatic rings. The Kier molecular flexibility index (Phi) is 4.27. The molecule has 0 fully saturated rings. The molecule has 5 nitrogen and oxygen atoms in total. The number of aliphatic hydroxyl groups excluding tert-OH is 1. The van der Waals surface area contributed by atoms with E-state index in [9.17, 15) is 5.11 Å². The number of nitrogens with zero attached hydrogens (tertiary/aromatic N) is 4. The predicted octanol–water partition coefficient (Wildman–Crippen LogP) is 2.26. The van der Waals surface area contributed by atoms with Crippen molar-refractivity contribution in [2.24, 2.45) is 7.05 Å². The highest BCUT2D eigenvalue weighted by Crippen LogP contribution is 2.25. The van der Waals surface area contributed by atoms with Crippen molar-refractivity contribution in [1.82, 2.24) is 19.6 Å². The van der Waals surface area contributed by atoms with Gasteiger partial charge in [-0.25, -0.2) is 0 Å². The Morgan fingerprint density at radius 1 is 1.47 bits per heavy atom. The van der Waals surface area contributed by atoms with Gasteiger partial charge in [0.15, 0.2) is 0 Å². The Balaban J connectivity index is 2.20. The van der Waals surface area contributed by atoms with Crippen molar-refractivity contribution in [3.8, 4) is 0 Å². The van der Waals surface area contributed by atoms with Crippen LogP contribution >= 0.6 is 11.6 Å². The summed E-state index contributed by atoms with van der Waals surface area (Å²) >= 11 is 6.19. The molecule has 0 amide bonds. The number of halogens is 1. The lowest BCUT2D eigenvalue weighted by Crippen LogP contribution is -2.11. The maximum Gasteiger partial charge on any atom is 0.130 e. The van der Waals surface area contributed by atoms with E-state index in [1.54, 1.807) is 17.9 Å². The molecule has 19 heavy (non-hydrogen) atoms. The molecular weight excluding hydrogens is 264 g/mol. The van der Waals surface area contributed by atoms with Gasteiger partial charge in [0.1, 0.15) is 5.15 Å². The van der Waals surface area contributed by atoms with Crippen LogP contribution in [0.2, 0.25) is 5.15 Å². The van der Waals surface area contributed by atoms with Crippen molar-refractivity contribution < 1.29 is 5.11 Å². The molecule has 0 spiro atoms. The van der Waals surface area contributed by atoms with Crippen molar-refractivity contribution in [2.45, 2.75) is 39.3 Å². The SMILES string of the molecule is CCCn1nccc1C(O)Cc1c(C)nn(C)c1Cl. The first-order valence-electron chi connectivity index (χ1n) is 6.42. The van der Waals surface area contributed by atoms with Crippen LogP contribution in [-0.2, 0) is 20.0 Å². The van der Waals surface area contributed by atoms with Gasteiger partial charge in [0, 0.05) is 31.8 Å². The molecule has 2 heterocycles. The molecule has 0 saturated heterocycles. The Bertz CT molecular complexity index is 561. The van der Waals surface area contributed by atoms with Gasteiger partial charge in [0.25, 0.3) is 0 Å². The van der Waals surface area contributed by atoms with E-state index < -0.39 is 6.10 Å². The summed E-state index contributed by atoms with van der Waals surface area (Å²) < 4.78 is 3.46. The molecule has 2 rings (SSSR count). The highest BCUT2D eigenvalue weighted by molar-refractivity contribution is 6.30. The molecule has 0 aromatic carbocycles. The second kappa shape index (κ2) is 5.75. The van der Waals surface area contributed by atoms with Gasteiger partial charge in [-0.3, -0.25) is 9.36 Å². The zero-order valence-corrected chi connectivity index (χ0v) is 12.2. The molecule has 1 atom stereocenters. The topological polar surface area (TPSA) is 55.9 Å². The van der Waals surface area contributed by atoms with Gasteiger partial charge in [-0.05, 0) is 19.4 Å². The molecule has 2 aromatic rings. The van der Waals surface area contributed by atoms with Crippen LogP contribution in [0.3, 0.4) is 0 Å². The summed E-state index contributed by atoms with van der Waals surface area (Å²) in [6, 6.07) is 1.85. The number of aliphatic hydroxyl groups is 1. The lowest BCUT2D eigenvalue weighted by molar-refractivity contribution is 0.166. The van der Waals surface area contributed by atoms with Crippen LogP contribution in [0, 0.1) is 6.92 Å². The van der Waals surface area contributed by atoms with Gasteiger partial charge in [0.05, 0.1) is 17.5 Å². The van der Waals surface area contributed by atoms with Crippen LogP contribution in [0.25, 0.3) is 0 Å². The Hall–Kier alpha value is -1.33. The van der Waals surface area contributed by atoms with Gasteiger partial charge < -0.3 is 5.11 Å². The first-order valence-corrected chi connectivity index (χ1v) is 6.80.